The normalized spacial score (nSPS) is 22.5. The molecule has 5 rings (SSSR count). The first-order valence-corrected chi connectivity index (χ1v) is 13.6. The lowest BCUT2D eigenvalue weighted by Crippen LogP contribution is -2.38. The van der Waals surface area contributed by atoms with Gasteiger partial charge in [-0.15, -0.1) is 0 Å². The van der Waals surface area contributed by atoms with Crippen LogP contribution < -0.4 is 10.1 Å². The number of carbonyl (C=O) groups is 1. The lowest BCUT2D eigenvalue weighted by atomic mass is 9.83. The maximum absolute atomic E-state index is 13.0. The molecule has 192 valence electrons. The third-order valence-electron chi connectivity index (χ3n) is 7.32. The highest BCUT2D eigenvalue weighted by Gasteiger charge is 2.29. The highest BCUT2D eigenvalue weighted by atomic mass is 32.1. The molecule has 1 aromatic carbocycles. The number of amides is 1. The van der Waals surface area contributed by atoms with Crippen LogP contribution in [0.4, 0.5) is 8.78 Å². The number of nitrogens with zero attached hydrogens (tertiary/aromatic N) is 3. The number of pyridine rings is 1. The topological polar surface area (TPSA) is 67.4 Å². The molecule has 1 saturated carbocycles. The van der Waals surface area contributed by atoms with Crippen molar-refractivity contribution in [2.24, 2.45) is 5.92 Å². The predicted molar refractivity (Wildman–Crippen MR) is 137 cm³/mol. The molecule has 0 bridgehead atoms. The van der Waals surface area contributed by atoms with Crippen LogP contribution in [0.25, 0.3) is 10.9 Å². The van der Waals surface area contributed by atoms with Gasteiger partial charge in [0.15, 0.2) is 6.61 Å². The fourth-order valence-corrected chi connectivity index (χ4v) is 6.45. The number of hydrogen-bond acceptors (Lipinski definition) is 6. The Labute approximate surface area is 214 Å². The van der Waals surface area contributed by atoms with Crippen LogP contribution in [0.2, 0.25) is 0 Å². The van der Waals surface area contributed by atoms with Gasteiger partial charge in [-0.3, -0.25) is 14.7 Å². The van der Waals surface area contributed by atoms with E-state index in [-0.39, 0.29) is 11.9 Å². The number of halogens is 2. The van der Waals surface area contributed by atoms with E-state index in [0.717, 1.165) is 73.2 Å². The molecule has 1 fully saturated rings. The van der Waals surface area contributed by atoms with Gasteiger partial charge in [-0.05, 0) is 62.8 Å². The van der Waals surface area contributed by atoms with Gasteiger partial charge in [-0.1, -0.05) is 30.4 Å². The van der Waals surface area contributed by atoms with Gasteiger partial charge in [0.2, 0.25) is 0 Å². The lowest BCUT2D eigenvalue weighted by molar-refractivity contribution is 0.0815. The van der Waals surface area contributed by atoms with Crippen molar-refractivity contribution in [3.63, 3.8) is 0 Å². The zero-order chi connectivity index (χ0) is 25.1. The van der Waals surface area contributed by atoms with Gasteiger partial charge in [0.25, 0.3) is 17.5 Å². The number of alkyl halides is 2. The van der Waals surface area contributed by atoms with E-state index >= 15 is 0 Å². The van der Waals surface area contributed by atoms with Gasteiger partial charge in [-0.2, -0.15) is 0 Å². The van der Waals surface area contributed by atoms with Crippen LogP contribution in [0.15, 0.2) is 36.5 Å². The molecule has 1 amide bonds. The number of thiazole rings is 1. The van der Waals surface area contributed by atoms with Gasteiger partial charge < -0.3 is 10.1 Å². The summed E-state index contributed by atoms with van der Waals surface area (Å²) >= 11 is 1.41. The summed E-state index contributed by atoms with van der Waals surface area (Å²) < 4.78 is 30.1. The standard InChI is InChI=1S/C27H32F2N4O2S/c1-17-14-33(15-23-25(17)36-27(32-23)35-16-24(28)29)13-11-18-7-9-19(10-8-18)31-26(34)21-4-2-6-22-20(21)5-3-12-30-22/h2-6,12,17-19,24H,7-11,13-16H2,1H3,(H,31,34). The SMILES string of the molecule is CC1CN(CCC2CCC(NC(=O)c3cccc4ncccc34)CC2)Cc2nc(OCC(F)F)sc21. The van der Waals surface area contributed by atoms with E-state index in [4.69, 9.17) is 4.74 Å². The van der Waals surface area contributed by atoms with E-state index in [1.807, 2.05) is 30.3 Å². The number of carbonyl (C=O) groups excluding carboxylic acids is 1. The Kier molecular flexibility index (Phi) is 7.76. The Hall–Kier alpha value is -2.65. The molecular weight excluding hydrogens is 482 g/mol. The summed E-state index contributed by atoms with van der Waals surface area (Å²) in [7, 11) is 0. The Morgan fingerprint density at radius 2 is 2.06 bits per heavy atom. The van der Waals surface area contributed by atoms with Crippen molar-refractivity contribution in [2.75, 3.05) is 19.7 Å². The minimum atomic E-state index is -2.49. The quantitative estimate of drug-likeness (QED) is 0.422. The van der Waals surface area contributed by atoms with Crippen molar-refractivity contribution in [2.45, 2.75) is 64.0 Å². The van der Waals surface area contributed by atoms with E-state index in [2.05, 4.69) is 27.1 Å². The van der Waals surface area contributed by atoms with Crippen molar-refractivity contribution < 1.29 is 18.3 Å². The Balaban J connectivity index is 1.08. The fraction of sp³-hybridized carbons (Fsp3) is 0.519. The number of benzene rings is 1. The van der Waals surface area contributed by atoms with Gasteiger partial charge in [0.1, 0.15) is 0 Å². The Morgan fingerprint density at radius 3 is 2.86 bits per heavy atom. The van der Waals surface area contributed by atoms with E-state index < -0.39 is 13.0 Å². The van der Waals surface area contributed by atoms with E-state index in [1.165, 1.54) is 11.3 Å². The highest BCUT2D eigenvalue weighted by Crippen LogP contribution is 2.37. The summed E-state index contributed by atoms with van der Waals surface area (Å²) in [5.74, 6) is 0.956. The third-order valence-corrected chi connectivity index (χ3v) is 8.56. The van der Waals surface area contributed by atoms with Crippen LogP contribution in [0.5, 0.6) is 5.19 Å². The van der Waals surface area contributed by atoms with Gasteiger partial charge in [0.05, 0.1) is 11.2 Å². The van der Waals surface area contributed by atoms with Gasteiger partial charge >= 0.3 is 0 Å². The van der Waals surface area contributed by atoms with E-state index in [1.54, 1.807) is 6.20 Å². The Bertz CT molecular complexity index is 1190. The molecule has 1 atom stereocenters. The smallest absolute Gasteiger partial charge is 0.273 e. The number of hydrogen-bond donors (Lipinski definition) is 1. The summed E-state index contributed by atoms with van der Waals surface area (Å²) in [5, 5.41) is 4.49. The molecule has 1 aliphatic heterocycles. The molecule has 1 aliphatic carbocycles. The summed E-state index contributed by atoms with van der Waals surface area (Å²) in [6.07, 6.45) is 4.59. The van der Waals surface area contributed by atoms with Gasteiger partial charge in [0, 0.05) is 47.1 Å². The molecule has 1 N–H and O–H groups in total. The molecule has 36 heavy (non-hydrogen) atoms. The molecule has 0 saturated heterocycles. The van der Waals surface area contributed by atoms with Crippen LogP contribution >= 0.6 is 11.3 Å². The lowest BCUT2D eigenvalue weighted by Gasteiger charge is -2.33. The first-order valence-electron chi connectivity index (χ1n) is 12.7. The Morgan fingerprint density at radius 1 is 1.22 bits per heavy atom. The molecule has 3 aromatic rings. The maximum atomic E-state index is 13.0. The van der Waals surface area contributed by atoms with E-state index in [9.17, 15) is 13.6 Å². The summed E-state index contributed by atoms with van der Waals surface area (Å²) in [5.41, 5.74) is 2.49. The minimum Gasteiger partial charge on any atom is -0.464 e. The first-order chi connectivity index (χ1) is 17.5. The zero-order valence-corrected chi connectivity index (χ0v) is 21.3. The van der Waals surface area contributed by atoms with Crippen molar-refractivity contribution in [1.29, 1.82) is 0 Å². The zero-order valence-electron chi connectivity index (χ0n) is 20.5. The van der Waals surface area contributed by atoms with Crippen LogP contribution in [0.3, 0.4) is 0 Å². The monoisotopic (exact) mass is 514 g/mol. The third kappa shape index (κ3) is 5.83. The van der Waals surface area contributed by atoms with E-state index in [0.29, 0.717) is 22.6 Å². The number of nitrogens with one attached hydrogen (secondary N) is 1. The average Bonchev–Trinajstić information content (AvgIpc) is 3.30. The second-order valence-corrected chi connectivity index (χ2v) is 11.0. The largest absolute Gasteiger partial charge is 0.464 e. The van der Waals surface area contributed by atoms with Crippen molar-refractivity contribution in [1.82, 2.24) is 20.2 Å². The summed E-state index contributed by atoms with van der Waals surface area (Å²) in [6, 6.07) is 9.70. The van der Waals surface area contributed by atoms with Crippen molar-refractivity contribution in [3.05, 3.63) is 52.7 Å². The average molecular weight is 515 g/mol. The van der Waals surface area contributed by atoms with Crippen molar-refractivity contribution in [3.8, 4) is 5.19 Å². The number of aromatic nitrogens is 2. The fourth-order valence-electron chi connectivity index (χ4n) is 5.48. The summed E-state index contributed by atoms with van der Waals surface area (Å²) in [6.45, 7) is 4.26. The molecule has 0 spiro atoms. The van der Waals surface area contributed by atoms with Crippen LogP contribution in [-0.4, -0.2) is 52.9 Å². The number of rotatable bonds is 8. The molecule has 3 heterocycles. The van der Waals surface area contributed by atoms with Crippen LogP contribution in [0.1, 0.15) is 65.9 Å². The predicted octanol–water partition coefficient (Wildman–Crippen LogP) is 5.63. The van der Waals surface area contributed by atoms with Crippen LogP contribution in [-0.2, 0) is 6.54 Å². The molecule has 6 nitrogen and oxygen atoms in total. The molecule has 1 unspecified atom stereocenters. The second-order valence-electron chi connectivity index (χ2n) is 9.98. The highest BCUT2D eigenvalue weighted by molar-refractivity contribution is 7.13. The number of fused-ring (bicyclic) bond motifs is 2. The molecular formula is C27H32F2N4O2S. The summed E-state index contributed by atoms with van der Waals surface area (Å²) in [4.78, 5) is 25.4. The maximum Gasteiger partial charge on any atom is 0.273 e. The number of ether oxygens (including phenoxy) is 1. The second kappa shape index (κ2) is 11.2. The molecule has 2 aromatic heterocycles. The molecule has 0 radical (unpaired) electrons. The van der Waals surface area contributed by atoms with Crippen molar-refractivity contribution >= 4 is 28.1 Å². The van der Waals surface area contributed by atoms with Gasteiger partial charge in [-0.25, -0.2) is 13.8 Å². The molecule has 2 aliphatic rings. The first kappa shape index (κ1) is 25.0. The minimum absolute atomic E-state index is 0.0182. The molecule has 9 heteroatoms. The van der Waals surface area contributed by atoms with Crippen LogP contribution in [0, 0.1) is 5.92 Å².